The molecule has 2 unspecified atom stereocenters. The fraction of sp³-hybridized carbons (Fsp3) is 0.533. The summed E-state index contributed by atoms with van der Waals surface area (Å²) in [6.45, 7) is 0.774. The van der Waals surface area contributed by atoms with Crippen LogP contribution in [0.5, 0.6) is 0 Å². The van der Waals surface area contributed by atoms with Crippen LogP contribution in [0, 0.1) is 0 Å². The van der Waals surface area contributed by atoms with Crippen LogP contribution in [0.3, 0.4) is 0 Å². The highest BCUT2D eigenvalue weighted by Crippen LogP contribution is 2.18. The molecule has 0 radical (unpaired) electrons. The van der Waals surface area contributed by atoms with Crippen LogP contribution in [0.4, 0.5) is 4.79 Å². The number of halogens is 1. The van der Waals surface area contributed by atoms with Gasteiger partial charge in [0.1, 0.15) is 6.61 Å². The van der Waals surface area contributed by atoms with Crippen LogP contribution in [-0.2, 0) is 25.1 Å². The summed E-state index contributed by atoms with van der Waals surface area (Å²) in [5.74, 6) is -0.352. The van der Waals surface area contributed by atoms with E-state index in [0.29, 0.717) is 13.0 Å². The Morgan fingerprint density at radius 2 is 2.13 bits per heavy atom. The number of hydrogen-bond acceptors (Lipinski definition) is 5. The zero-order chi connectivity index (χ0) is 16.7. The fourth-order valence-electron chi connectivity index (χ4n) is 2.49. The van der Waals surface area contributed by atoms with Crippen molar-refractivity contribution >= 4 is 25.8 Å². The molecule has 8 heteroatoms. The molecule has 1 aliphatic heterocycles. The maximum Gasteiger partial charge on any atom is 0.407 e. The van der Waals surface area contributed by atoms with Gasteiger partial charge in [-0.1, -0.05) is 30.3 Å². The van der Waals surface area contributed by atoms with E-state index in [4.69, 9.17) is 20.2 Å². The van der Waals surface area contributed by atoms with E-state index in [0.717, 1.165) is 18.4 Å². The van der Waals surface area contributed by atoms with Crippen molar-refractivity contribution in [1.82, 2.24) is 5.32 Å². The lowest BCUT2D eigenvalue weighted by Gasteiger charge is -2.20. The number of carbonyl (C=O) groups excluding carboxylic acids is 1. The van der Waals surface area contributed by atoms with Crippen LogP contribution in [0.2, 0.25) is 0 Å². The summed E-state index contributed by atoms with van der Waals surface area (Å²) in [5, 5.41) is 2.57. The molecule has 1 aromatic rings. The Morgan fingerprint density at radius 1 is 1.39 bits per heavy atom. The van der Waals surface area contributed by atoms with E-state index >= 15 is 0 Å². The van der Waals surface area contributed by atoms with Gasteiger partial charge in [-0.2, -0.15) is 0 Å². The van der Waals surface area contributed by atoms with E-state index in [-0.39, 0.29) is 18.5 Å². The van der Waals surface area contributed by atoms with Crippen molar-refractivity contribution in [2.45, 2.75) is 38.0 Å². The van der Waals surface area contributed by atoms with E-state index in [1.165, 1.54) is 0 Å². The molecule has 1 fully saturated rings. The molecule has 1 saturated heterocycles. The number of ether oxygens (including phenoxy) is 2. The minimum Gasteiger partial charge on any atom is -0.445 e. The van der Waals surface area contributed by atoms with E-state index in [1.54, 1.807) is 0 Å². The number of hydrogen-bond donors (Lipinski definition) is 1. The second-order valence-electron chi connectivity index (χ2n) is 5.48. The highest BCUT2D eigenvalue weighted by molar-refractivity contribution is 8.13. The van der Waals surface area contributed by atoms with Crippen LogP contribution < -0.4 is 5.32 Å². The molecule has 2 rings (SSSR count). The first kappa shape index (κ1) is 18.0. The molecule has 0 saturated carbocycles. The Kier molecular flexibility index (Phi) is 6.68. The van der Waals surface area contributed by atoms with Gasteiger partial charge < -0.3 is 14.8 Å². The summed E-state index contributed by atoms with van der Waals surface area (Å²) >= 11 is 0. The first-order valence-electron chi connectivity index (χ1n) is 7.43. The maximum atomic E-state index is 11.9. The van der Waals surface area contributed by atoms with Gasteiger partial charge in [-0.15, -0.1) is 0 Å². The maximum absolute atomic E-state index is 11.9. The predicted octanol–water partition coefficient (Wildman–Crippen LogP) is 2.42. The van der Waals surface area contributed by atoms with Crippen LogP contribution >= 0.6 is 10.7 Å². The van der Waals surface area contributed by atoms with Gasteiger partial charge in [0.2, 0.25) is 9.05 Å². The van der Waals surface area contributed by atoms with E-state index in [2.05, 4.69) is 5.32 Å². The summed E-state index contributed by atoms with van der Waals surface area (Å²) in [6, 6.07) is 8.59. The third-order valence-electron chi connectivity index (χ3n) is 3.51. The number of alkyl carbamates (subject to hydrolysis) is 1. The van der Waals surface area contributed by atoms with Crippen LogP contribution in [0.15, 0.2) is 30.3 Å². The first-order chi connectivity index (χ1) is 10.9. The Labute approximate surface area is 140 Å². The van der Waals surface area contributed by atoms with Crippen molar-refractivity contribution in [3.63, 3.8) is 0 Å². The van der Waals surface area contributed by atoms with E-state index < -0.39 is 21.2 Å². The van der Waals surface area contributed by atoms with E-state index in [9.17, 15) is 13.2 Å². The van der Waals surface area contributed by atoms with Crippen LogP contribution in [-0.4, -0.2) is 39.0 Å². The third kappa shape index (κ3) is 7.20. The summed E-state index contributed by atoms with van der Waals surface area (Å²) < 4.78 is 33.2. The zero-order valence-electron chi connectivity index (χ0n) is 12.6. The average molecular weight is 362 g/mol. The number of amides is 1. The molecule has 1 amide bonds. The molecular weight excluding hydrogens is 342 g/mol. The molecule has 0 spiro atoms. The highest BCUT2D eigenvalue weighted by Gasteiger charge is 2.26. The first-order valence-corrected chi connectivity index (χ1v) is 9.91. The van der Waals surface area contributed by atoms with Crippen LogP contribution in [0.1, 0.15) is 24.8 Å². The summed E-state index contributed by atoms with van der Waals surface area (Å²) in [5.41, 5.74) is 0.850. The average Bonchev–Trinajstić information content (AvgIpc) is 2.97. The van der Waals surface area contributed by atoms with Gasteiger partial charge in [0, 0.05) is 23.3 Å². The Balaban J connectivity index is 1.86. The SMILES string of the molecule is O=C(NC(CC1CCCO1)CS(=O)(=O)Cl)OCc1ccccc1. The fourth-order valence-corrected chi connectivity index (χ4v) is 3.64. The smallest absolute Gasteiger partial charge is 0.407 e. The molecule has 0 aromatic heterocycles. The molecular formula is C15H20ClNO5S. The lowest BCUT2D eigenvalue weighted by atomic mass is 10.1. The van der Waals surface area contributed by atoms with Crippen molar-refractivity contribution < 1.29 is 22.7 Å². The van der Waals surface area contributed by atoms with Gasteiger partial charge >= 0.3 is 6.09 Å². The molecule has 2 atom stereocenters. The molecule has 23 heavy (non-hydrogen) atoms. The second kappa shape index (κ2) is 8.52. The normalized spacial score (nSPS) is 19.3. The third-order valence-corrected chi connectivity index (χ3v) is 4.68. The molecule has 6 nitrogen and oxygen atoms in total. The quantitative estimate of drug-likeness (QED) is 0.754. The Hall–Kier alpha value is -1.31. The topological polar surface area (TPSA) is 81.7 Å². The Bertz CT molecular complexity index is 602. The number of nitrogens with one attached hydrogen (secondary N) is 1. The van der Waals surface area contributed by atoms with Gasteiger partial charge in [0.25, 0.3) is 0 Å². The number of benzene rings is 1. The van der Waals surface area contributed by atoms with Crippen molar-refractivity contribution in [2.75, 3.05) is 12.4 Å². The Morgan fingerprint density at radius 3 is 2.74 bits per heavy atom. The largest absolute Gasteiger partial charge is 0.445 e. The van der Waals surface area contributed by atoms with Gasteiger partial charge in [-0.05, 0) is 24.8 Å². The zero-order valence-corrected chi connectivity index (χ0v) is 14.2. The summed E-state index contributed by atoms with van der Waals surface area (Å²) in [6.07, 6.45) is 1.44. The van der Waals surface area contributed by atoms with Gasteiger partial charge in [-0.25, -0.2) is 13.2 Å². The number of carbonyl (C=O) groups is 1. The molecule has 1 aliphatic rings. The van der Waals surface area contributed by atoms with Crippen molar-refractivity contribution in [3.05, 3.63) is 35.9 Å². The van der Waals surface area contributed by atoms with Crippen molar-refractivity contribution in [1.29, 1.82) is 0 Å². The lowest BCUT2D eigenvalue weighted by molar-refractivity contribution is 0.0928. The minimum atomic E-state index is -3.73. The van der Waals surface area contributed by atoms with Crippen LogP contribution in [0.25, 0.3) is 0 Å². The lowest BCUT2D eigenvalue weighted by Crippen LogP contribution is -2.41. The molecule has 0 aliphatic carbocycles. The van der Waals surface area contributed by atoms with Gasteiger partial charge in [-0.3, -0.25) is 0 Å². The van der Waals surface area contributed by atoms with Crippen molar-refractivity contribution in [2.24, 2.45) is 0 Å². The van der Waals surface area contributed by atoms with E-state index in [1.807, 2.05) is 30.3 Å². The summed E-state index contributed by atoms with van der Waals surface area (Å²) in [7, 11) is 1.58. The summed E-state index contributed by atoms with van der Waals surface area (Å²) in [4.78, 5) is 11.9. The predicted molar refractivity (Wildman–Crippen MR) is 86.8 cm³/mol. The van der Waals surface area contributed by atoms with Gasteiger partial charge in [0.15, 0.2) is 0 Å². The molecule has 1 heterocycles. The molecule has 0 bridgehead atoms. The molecule has 1 N–H and O–H groups in total. The number of rotatable bonds is 7. The highest BCUT2D eigenvalue weighted by atomic mass is 35.7. The monoisotopic (exact) mass is 361 g/mol. The van der Waals surface area contributed by atoms with Gasteiger partial charge in [0.05, 0.1) is 11.9 Å². The van der Waals surface area contributed by atoms with Crippen molar-refractivity contribution in [3.8, 4) is 0 Å². The molecule has 1 aromatic carbocycles. The molecule has 128 valence electrons. The second-order valence-corrected chi connectivity index (χ2v) is 8.30. The minimum absolute atomic E-state index is 0.0622. The standard InChI is InChI=1S/C15H20ClNO5S/c16-23(19,20)11-13(9-14-7-4-8-21-14)17-15(18)22-10-12-5-2-1-3-6-12/h1-3,5-6,13-14H,4,7-11H2,(H,17,18).